The Kier molecular flexibility index (Phi) is 2.97. The van der Waals surface area contributed by atoms with Gasteiger partial charge in [0.1, 0.15) is 0 Å². The van der Waals surface area contributed by atoms with Gasteiger partial charge in [-0.2, -0.15) is 0 Å². The number of carbonyl (C=O) groups excluding carboxylic acids is 1. The van der Waals surface area contributed by atoms with Gasteiger partial charge in [0, 0.05) is 37.8 Å². The highest BCUT2D eigenvalue weighted by atomic mass is 16.2. The molecule has 0 bridgehead atoms. The number of fused-ring (bicyclic) bond motifs is 3. The lowest BCUT2D eigenvalue weighted by molar-refractivity contribution is 0.193. The van der Waals surface area contributed by atoms with E-state index in [-0.39, 0.29) is 11.6 Å². The van der Waals surface area contributed by atoms with Crippen LogP contribution >= 0.6 is 0 Å². The number of nitrogens with zero attached hydrogens (tertiary/aromatic N) is 2. The summed E-state index contributed by atoms with van der Waals surface area (Å²) in [6.45, 7) is 2.96. The molecular weight excluding hydrogens is 280 g/mol. The second-order valence-electron chi connectivity index (χ2n) is 5.47. The summed E-state index contributed by atoms with van der Waals surface area (Å²) in [6, 6.07) is 9.19. The highest BCUT2D eigenvalue weighted by molar-refractivity contribution is 6.07. The van der Waals surface area contributed by atoms with Crippen LogP contribution in [0.4, 0.5) is 4.79 Å². The Balaban J connectivity index is 1.95. The minimum absolute atomic E-state index is 0.0766. The van der Waals surface area contributed by atoms with Crippen molar-refractivity contribution in [2.45, 2.75) is 0 Å². The zero-order chi connectivity index (χ0) is 15.1. The van der Waals surface area contributed by atoms with Crippen LogP contribution in [-0.4, -0.2) is 46.7 Å². The third-order valence-corrected chi connectivity index (χ3v) is 4.15. The Morgan fingerprint density at radius 2 is 1.82 bits per heavy atom. The van der Waals surface area contributed by atoms with Crippen LogP contribution in [0.5, 0.6) is 0 Å². The first-order valence-electron chi connectivity index (χ1n) is 7.38. The van der Waals surface area contributed by atoms with Gasteiger partial charge in [-0.1, -0.05) is 18.2 Å². The molecule has 3 aromatic rings. The van der Waals surface area contributed by atoms with Crippen LogP contribution in [0.2, 0.25) is 0 Å². The molecule has 6 heteroatoms. The average molecular weight is 296 g/mol. The molecule has 1 aliphatic heterocycles. The first-order valence-corrected chi connectivity index (χ1v) is 7.38. The van der Waals surface area contributed by atoms with Gasteiger partial charge in [0.05, 0.1) is 16.4 Å². The van der Waals surface area contributed by atoms with E-state index in [1.54, 1.807) is 16.8 Å². The SMILES string of the molecule is O=C(N1CCNCC1)n1ccc2c(=O)[nH]c3ccccc3c21. The van der Waals surface area contributed by atoms with Gasteiger partial charge in [-0.15, -0.1) is 0 Å². The molecule has 112 valence electrons. The molecule has 0 saturated carbocycles. The van der Waals surface area contributed by atoms with Crippen LogP contribution < -0.4 is 10.9 Å². The lowest BCUT2D eigenvalue weighted by atomic mass is 10.1. The molecule has 4 rings (SSSR count). The van der Waals surface area contributed by atoms with Crippen molar-refractivity contribution in [3.63, 3.8) is 0 Å². The molecular formula is C16H16N4O2. The van der Waals surface area contributed by atoms with E-state index in [4.69, 9.17) is 0 Å². The summed E-state index contributed by atoms with van der Waals surface area (Å²) >= 11 is 0. The van der Waals surface area contributed by atoms with Gasteiger partial charge in [-0.3, -0.25) is 9.36 Å². The maximum Gasteiger partial charge on any atom is 0.328 e. The molecule has 0 atom stereocenters. The van der Waals surface area contributed by atoms with Crippen molar-refractivity contribution in [1.82, 2.24) is 19.8 Å². The van der Waals surface area contributed by atoms with Crippen molar-refractivity contribution < 1.29 is 4.79 Å². The number of nitrogens with one attached hydrogen (secondary N) is 2. The second-order valence-corrected chi connectivity index (χ2v) is 5.47. The van der Waals surface area contributed by atoms with Gasteiger partial charge < -0.3 is 15.2 Å². The van der Waals surface area contributed by atoms with E-state index in [1.807, 2.05) is 29.2 Å². The van der Waals surface area contributed by atoms with E-state index in [1.165, 1.54) is 0 Å². The summed E-state index contributed by atoms with van der Waals surface area (Å²) in [6.07, 6.45) is 1.69. The minimum Gasteiger partial charge on any atom is -0.322 e. The molecule has 0 aliphatic carbocycles. The first-order chi connectivity index (χ1) is 10.8. The Hall–Kier alpha value is -2.60. The lowest BCUT2D eigenvalue weighted by Crippen LogP contribution is -2.47. The van der Waals surface area contributed by atoms with Gasteiger partial charge in [-0.05, 0) is 12.1 Å². The van der Waals surface area contributed by atoms with Gasteiger partial charge in [0.25, 0.3) is 5.56 Å². The van der Waals surface area contributed by atoms with E-state index in [2.05, 4.69) is 10.3 Å². The van der Waals surface area contributed by atoms with Crippen LogP contribution in [0.15, 0.2) is 41.3 Å². The van der Waals surface area contributed by atoms with Gasteiger partial charge >= 0.3 is 6.03 Å². The van der Waals surface area contributed by atoms with Crippen molar-refractivity contribution >= 4 is 27.8 Å². The Morgan fingerprint density at radius 1 is 1.05 bits per heavy atom. The monoisotopic (exact) mass is 296 g/mol. The summed E-state index contributed by atoms with van der Waals surface area (Å²) in [7, 11) is 0. The number of para-hydroxylation sites is 1. The largest absolute Gasteiger partial charge is 0.328 e. The second kappa shape index (κ2) is 4.99. The summed E-state index contributed by atoms with van der Waals surface area (Å²) in [5.41, 5.74) is 1.26. The molecule has 1 amide bonds. The Bertz CT molecular complexity index is 919. The maximum atomic E-state index is 12.8. The summed E-state index contributed by atoms with van der Waals surface area (Å²) in [5.74, 6) is 0. The smallest absolute Gasteiger partial charge is 0.322 e. The fourth-order valence-electron chi connectivity index (χ4n) is 3.05. The molecule has 1 aliphatic rings. The molecule has 6 nitrogen and oxygen atoms in total. The van der Waals surface area contributed by atoms with Gasteiger partial charge in [0.2, 0.25) is 0 Å². The number of aromatic nitrogens is 2. The number of H-pyrrole nitrogens is 1. The average Bonchev–Trinajstić information content (AvgIpc) is 3.01. The summed E-state index contributed by atoms with van der Waals surface area (Å²) < 4.78 is 1.60. The molecule has 22 heavy (non-hydrogen) atoms. The van der Waals surface area contributed by atoms with Crippen molar-refractivity contribution in [1.29, 1.82) is 0 Å². The zero-order valence-corrected chi connectivity index (χ0v) is 12.0. The first kappa shape index (κ1) is 13.1. The van der Waals surface area contributed by atoms with Crippen LogP contribution in [-0.2, 0) is 0 Å². The fourth-order valence-corrected chi connectivity index (χ4v) is 3.05. The quantitative estimate of drug-likeness (QED) is 0.658. The van der Waals surface area contributed by atoms with Crippen LogP contribution in [0.1, 0.15) is 0 Å². The Labute approximate surface area is 126 Å². The number of aromatic amines is 1. The van der Waals surface area contributed by atoms with E-state index in [0.29, 0.717) is 24.0 Å². The molecule has 1 aromatic carbocycles. The van der Waals surface area contributed by atoms with Crippen LogP contribution in [0, 0.1) is 0 Å². The number of hydrogen-bond acceptors (Lipinski definition) is 3. The molecule has 1 fully saturated rings. The standard InChI is InChI=1S/C16H16N4O2/c21-15-12-5-8-20(16(22)19-9-6-17-7-10-19)14(12)11-3-1-2-4-13(11)18-15/h1-5,8,17H,6-7,9-10H2,(H,18,21). The predicted octanol–water partition coefficient (Wildman–Crippen LogP) is 1.36. The molecule has 0 radical (unpaired) electrons. The summed E-state index contributed by atoms with van der Waals surface area (Å²) in [5, 5.41) is 4.66. The molecule has 0 unspecified atom stereocenters. The van der Waals surface area contributed by atoms with Gasteiger partial charge in [-0.25, -0.2) is 4.79 Å². The number of pyridine rings is 1. The van der Waals surface area contributed by atoms with Crippen molar-refractivity contribution in [2.24, 2.45) is 0 Å². The highest BCUT2D eigenvalue weighted by Crippen LogP contribution is 2.22. The van der Waals surface area contributed by atoms with E-state index in [9.17, 15) is 9.59 Å². The molecule has 2 aromatic heterocycles. The van der Waals surface area contributed by atoms with Crippen LogP contribution in [0.3, 0.4) is 0 Å². The van der Waals surface area contributed by atoms with Crippen molar-refractivity contribution in [2.75, 3.05) is 26.2 Å². The van der Waals surface area contributed by atoms with E-state index < -0.39 is 0 Å². The number of benzene rings is 1. The third-order valence-electron chi connectivity index (χ3n) is 4.15. The van der Waals surface area contributed by atoms with E-state index >= 15 is 0 Å². The van der Waals surface area contributed by atoms with Crippen LogP contribution in [0.25, 0.3) is 21.8 Å². The predicted molar refractivity (Wildman–Crippen MR) is 85.3 cm³/mol. The topological polar surface area (TPSA) is 70.1 Å². The minimum atomic E-state index is -0.166. The molecule has 1 saturated heterocycles. The number of amides is 1. The highest BCUT2D eigenvalue weighted by Gasteiger charge is 2.20. The number of carbonyl (C=O) groups is 1. The van der Waals surface area contributed by atoms with E-state index in [0.717, 1.165) is 24.0 Å². The van der Waals surface area contributed by atoms with Crippen molar-refractivity contribution in [3.8, 4) is 0 Å². The number of piperazine rings is 1. The lowest BCUT2D eigenvalue weighted by Gasteiger charge is -2.27. The number of rotatable bonds is 0. The maximum absolute atomic E-state index is 12.8. The van der Waals surface area contributed by atoms with Gasteiger partial charge in [0.15, 0.2) is 0 Å². The summed E-state index contributed by atoms with van der Waals surface area (Å²) in [4.78, 5) is 29.7. The molecule has 3 heterocycles. The molecule has 2 N–H and O–H groups in total. The number of hydrogen-bond donors (Lipinski definition) is 2. The normalized spacial score (nSPS) is 15.5. The zero-order valence-electron chi connectivity index (χ0n) is 12.0. The van der Waals surface area contributed by atoms with Crippen molar-refractivity contribution in [3.05, 3.63) is 46.9 Å². The fraction of sp³-hybridized carbons (Fsp3) is 0.250. The molecule has 0 spiro atoms. The third kappa shape index (κ3) is 1.92. The Morgan fingerprint density at radius 3 is 2.64 bits per heavy atom.